The van der Waals surface area contributed by atoms with Crippen LogP contribution in [0.4, 0.5) is 4.79 Å². The van der Waals surface area contributed by atoms with E-state index in [0.717, 1.165) is 17.1 Å². The maximum absolute atomic E-state index is 11.2. The van der Waals surface area contributed by atoms with Crippen LogP contribution in [0.25, 0.3) is 0 Å². The van der Waals surface area contributed by atoms with Gasteiger partial charge in [0.05, 0.1) is 47.4 Å². The highest BCUT2D eigenvalue weighted by molar-refractivity contribution is 5.81. The van der Waals surface area contributed by atoms with Crippen LogP contribution in [0.15, 0.2) is 12.7 Å². The van der Waals surface area contributed by atoms with E-state index in [2.05, 4.69) is 11.9 Å². The lowest BCUT2D eigenvalue weighted by molar-refractivity contribution is -0.869. The predicted molar refractivity (Wildman–Crippen MR) is 68.0 cm³/mol. The summed E-state index contributed by atoms with van der Waals surface area (Å²) in [5, 5.41) is 2.65. The number of alkyl carbamates (subject to hydrolysis) is 1. The normalized spacial score (nSPS) is 10.6. The molecule has 18 heavy (non-hydrogen) atoms. The van der Waals surface area contributed by atoms with E-state index in [1.54, 1.807) is 0 Å². The van der Waals surface area contributed by atoms with Crippen molar-refractivity contribution in [3.8, 4) is 0 Å². The number of carbonyl (C=O) groups is 2. The lowest BCUT2D eigenvalue weighted by Gasteiger charge is -2.23. The third-order valence-electron chi connectivity index (χ3n) is 1.98. The van der Waals surface area contributed by atoms with Gasteiger partial charge in [-0.05, 0) is 0 Å². The monoisotopic (exact) mass is 259 g/mol. The maximum Gasteiger partial charge on any atom is 0.407 e. The molecule has 0 fully saturated rings. The van der Waals surface area contributed by atoms with Crippen molar-refractivity contribution in [2.24, 2.45) is 0 Å². The first-order valence-corrected chi connectivity index (χ1v) is 5.85. The van der Waals surface area contributed by atoms with Crippen LogP contribution in [0.1, 0.15) is 6.42 Å². The average molecular weight is 259 g/mol. The van der Waals surface area contributed by atoms with Crippen LogP contribution in [0.5, 0.6) is 0 Å². The molecule has 0 rings (SSSR count). The highest BCUT2D eigenvalue weighted by Crippen LogP contribution is 1.89. The number of ether oxygens (including phenoxy) is 2. The van der Waals surface area contributed by atoms with Crippen LogP contribution in [-0.4, -0.2) is 64.0 Å². The lowest BCUT2D eigenvalue weighted by Crippen LogP contribution is -2.42. The van der Waals surface area contributed by atoms with E-state index in [0.29, 0.717) is 13.0 Å². The van der Waals surface area contributed by atoms with Crippen molar-refractivity contribution >= 4 is 12.1 Å². The molecule has 0 aromatic rings. The molecule has 6 heteroatoms. The van der Waals surface area contributed by atoms with Crippen LogP contribution in [-0.2, 0) is 14.3 Å². The maximum atomic E-state index is 11.2. The van der Waals surface area contributed by atoms with Gasteiger partial charge in [0.1, 0.15) is 0 Å². The molecule has 0 saturated carbocycles. The Balaban J connectivity index is 3.43. The fourth-order valence-electron chi connectivity index (χ4n) is 1.000. The van der Waals surface area contributed by atoms with E-state index < -0.39 is 12.1 Å². The number of amides is 1. The summed E-state index contributed by atoms with van der Waals surface area (Å²) in [6, 6.07) is 0. The van der Waals surface area contributed by atoms with E-state index in [1.165, 1.54) is 0 Å². The Labute approximate surface area is 108 Å². The smallest absolute Gasteiger partial charge is 0.407 e. The summed E-state index contributed by atoms with van der Waals surface area (Å²) in [6.07, 6.45) is 1.12. The number of likely N-dealkylation sites (N-methyl/N-ethyl adjacent to an activating group) is 1. The number of nitrogens with one attached hydrogen (secondary N) is 1. The second-order valence-electron chi connectivity index (χ2n) is 4.80. The Morgan fingerprint density at radius 2 is 1.83 bits per heavy atom. The molecule has 0 aromatic carbocycles. The van der Waals surface area contributed by atoms with Gasteiger partial charge in [-0.15, -0.1) is 0 Å². The largest absolute Gasteiger partial charge is 0.462 e. The Kier molecular flexibility index (Phi) is 7.78. The van der Waals surface area contributed by atoms with Crippen molar-refractivity contribution in [3.63, 3.8) is 0 Å². The van der Waals surface area contributed by atoms with Crippen molar-refractivity contribution in [1.29, 1.82) is 0 Å². The molecule has 6 nitrogen and oxygen atoms in total. The number of nitrogens with zero attached hydrogens (tertiary/aromatic N) is 1. The van der Waals surface area contributed by atoms with E-state index in [1.807, 2.05) is 21.1 Å². The Morgan fingerprint density at radius 3 is 2.39 bits per heavy atom. The zero-order valence-electron chi connectivity index (χ0n) is 11.4. The first kappa shape index (κ1) is 16.4. The molecule has 104 valence electrons. The SMILES string of the molecule is C=CC(=O)OCCCOC(=O)NCC[N+](C)(C)C. The summed E-state index contributed by atoms with van der Waals surface area (Å²) in [4.78, 5) is 21.9. The quantitative estimate of drug-likeness (QED) is 0.299. The number of carbonyl (C=O) groups excluding carboxylic acids is 2. The zero-order valence-corrected chi connectivity index (χ0v) is 11.4. The molecule has 0 aliphatic rings. The summed E-state index contributed by atoms with van der Waals surface area (Å²) in [5.41, 5.74) is 0. The Morgan fingerprint density at radius 1 is 1.22 bits per heavy atom. The van der Waals surface area contributed by atoms with E-state index in [-0.39, 0.29) is 13.2 Å². The van der Waals surface area contributed by atoms with Crippen molar-refractivity contribution in [2.45, 2.75) is 6.42 Å². The molecule has 0 unspecified atom stereocenters. The molecule has 0 heterocycles. The number of hydrogen-bond acceptors (Lipinski definition) is 4. The van der Waals surface area contributed by atoms with Crippen molar-refractivity contribution in [2.75, 3.05) is 47.4 Å². The number of hydrogen-bond donors (Lipinski definition) is 1. The van der Waals surface area contributed by atoms with Gasteiger partial charge in [-0.3, -0.25) is 0 Å². The third kappa shape index (κ3) is 10.9. The van der Waals surface area contributed by atoms with Crippen LogP contribution in [0.2, 0.25) is 0 Å². The first-order valence-electron chi connectivity index (χ1n) is 5.85. The van der Waals surface area contributed by atoms with Crippen LogP contribution in [0.3, 0.4) is 0 Å². The fraction of sp³-hybridized carbons (Fsp3) is 0.667. The first-order chi connectivity index (χ1) is 8.35. The lowest BCUT2D eigenvalue weighted by atomic mass is 10.5. The third-order valence-corrected chi connectivity index (χ3v) is 1.98. The van der Waals surface area contributed by atoms with Crippen LogP contribution in [0, 0.1) is 0 Å². The average Bonchev–Trinajstić information content (AvgIpc) is 2.26. The summed E-state index contributed by atoms with van der Waals surface area (Å²) >= 11 is 0. The molecule has 0 aromatic heterocycles. The molecule has 0 aliphatic heterocycles. The van der Waals surface area contributed by atoms with Gasteiger partial charge in [0.2, 0.25) is 0 Å². The van der Waals surface area contributed by atoms with Gasteiger partial charge in [-0.2, -0.15) is 0 Å². The van der Waals surface area contributed by atoms with Gasteiger partial charge in [0, 0.05) is 12.5 Å². The van der Waals surface area contributed by atoms with Crippen molar-refractivity contribution in [3.05, 3.63) is 12.7 Å². The molecule has 1 N–H and O–H groups in total. The molecule has 0 aliphatic carbocycles. The van der Waals surface area contributed by atoms with Gasteiger partial charge in [0.25, 0.3) is 0 Å². The second-order valence-corrected chi connectivity index (χ2v) is 4.80. The molecule has 1 amide bonds. The Hall–Kier alpha value is -1.56. The number of rotatable bonds is 8. The molecule has 0 saturated heterocycles. The van der Waals surface area contributed by atoms with E-state index >= 15 is 0 Å². The van der Waals surface area contributed by atoms with E-state index in [4.69, 9.17) is 9.47 Å². The molecule has 0 spiro atoms. The minimum atomic E-state index is -0.470. The zero-order chi connectivity index (χ0) is 14.0. The fourth-order valence-corrected chi connectivity index (χ4v) is 1.000. The summed E-state index contributed by atoms with van der Waals surface area (Å²) in [5.74, 6) is -0.470. The molecule has 0 bridgehead atoms. The summed E-state index contributed by atoms with van der Waals surface area (Å²) in [7, 11) is 6.13. The summed E-state index contributed by atoms with van der Waals surface area (Å²) in [6.45, 7) is 5.10. The second kappa shape index (κ2) is 8.52. The molecule has 0 radical (unpaired) electrons. The van der Waals surface area contributed by atoms with Gasteiger partial charge in [-0.25, -0.2) is 9.59 Å². The van der Waals surface area contributed by atoms with E-state index in [9.17, 15) is 9.59 Å². The topological polar surface area (TPSA) is 64.6 Å². The summed E-state index contributed by atoms with van der Waals surface area (Å²) < 4.78 is 10.4. The highest BCUT2D eigenvalue weighted by atomic mass is 16.6. The van der Waals surface area contributed by atoms with Crippen LogP contribution >= 0.6 is 0 Å². The molecular weight excluding hydrogens is 236 g/mol. The van der Waals surface area contributed by atoms with Gasteiger partial charge >= 0.3 is 12.1 Å². The molecule has 0 atom stereocenters. The van der Waals surface area contributed by atoms with Gasteiger partial charge < -0.3 is 19.3 Å². The van der Waals surface area contributed by atoms with Crippen LogP contribution < -0.4 is 5.32 Å². The Bertz CT molecular complexity index is 284. The minimum Gasteiger partial charge on any atom is -0.462 e. The number of esters is 1. The number of quaternary nitrogens is 1. The van der Waals surface area contributed by atoms with Gasteiger partial charge in [0.15, 0.2) is 0 Å². The standard InChI is InChI=1S/C12H22N2O4/c1-5-11(15)17-9-6-10-18-12(16)13-7-8-14(2,3)4/h5H,1,6-10H2,2-4H3/p+1. The molecular formula is C12H23N2O4+. The minimum absolute atomic E-state index is 0.219. The van der Waals surface area contributed by atoms with Gasteiger partial charge in [-0.1, -0.05) is 6.58 Å². The predicted octanol–water partition coefficient (Wildman–Crippen LogP) is 0.538. The van der Waals surface area contributed by atoms with Crippen molar-refractivity contribution in [1.82, 2.24) is 5.32 Å². The van der Waals surface area contributed by atoms with Crippen molar-refractivity contribution < 1.29 is 23.5 Å². The highest BCUT2D eigenvalue weighted by Gasteiger charge is 2.08.